The van der Waals surface area contributed by atoms with Crippen LogP contribution in [0, 0.1) is 5.92 Å². The van der Waals surface area contributed by atoms with Crippen LogP contribution in [0.3, 0.4) is 0 Å². The lowest BCUT2D eigenvalue weighted by molar-refractivity contribution is -0.140. The highest BCUT2D eigenvalue weighted by molar-refractivity contribution is 5.78. The molecule has 0 spiro atoms. The minimum absolute atomic E-state index is 0.152. The molecule has 0 aromatic carbocycles. The van der Waals surface area contributed by atoms with Gasteiger partial charge in [0.1, 0.15) is 0 Å². The highest BCUT2D eigenvalue weighted by atomic mass is 16.2. The number of fused-ring (bicyclic) bond motifs is 3. The molecule has 3 aliphatic heterocycles. The average molecular weight is 182 g/mol. The van der Waals surface area contributed by atoms with E-state index in [1.807, 2.05) is 13.8 Å². The molecule has 13 heavy (non-hydrogen) atoms. The average Bonchev–Trinajstić information content (AvgIpc) is 2.18. The minimum Gasteiger partial charge on any atom is -0.337 e. The second kappa shape index (κ2) is 3.29. The van der Waals surface area contributed by atoms with Crippen molar-refractivity contribution in [3.05, 3.63) is 0 Å². The molecule has 3 heterocycles. The maximum absolute atomic E-state index is 11.8. The summed E-state index contributed by atoms with van der Waals surface area (Å²) in [5.41, 5.74) is 0. The second-order valence-electron chi connectivity index (χ2n) is 4.48. The Morgan fingerprint density at radius 3 is 2.62 bits per heavy atom. The predicted molar refractivity (Wildman–Crippen MR) is 51.4 cm³/mol. The Morgan fingerprint density at radius 2 is 2.23 bits per heavy atom. The number of hydrogen-bond donors (Lipinski definition) is 1. The molecular formula is C10H18N2O. The summed E-state index contributed by atoms with van der Waals surface area (Å²) in [7, 11) is 0. The van der Waals surface area contributed by atoms with Gasteiger partial charge in [0.2, 0.25) is 5.91 Å². The normalized spacial score (nSPS) is 32.7. The number of rotatable bonds is 1. The van der Waals surface area contributed by atoms with Gasteiger partial charge in [0.25, 0.3) is 0 Å². The van der Waals surface area contributed by atoms with Gasteiger partial charge >= 0.3 is 0 Å². The third-order valence-corrected chi connectivity index (χ3v) is 3.13. The molecule has 0 saturated carbocycles. The fourth-order valence-electron chi connectivity index (χ4n) is 2.31. The molecule has 3 aliphatic rings. The van der Waals surface area contributed by atoms with Crippen molar-refractivity contribution in [2.45, 2.75) is 38.8 Å². The van der Waals surface area contributed by atoms with Crippen molar-refractivity contribution in [1.82, 2.24) is 10.2 Å². The molecule has 3 saturated heterocycles. The number of amides is 1. The van der Waals surface area contributed by atoms with E-state index < -0.39 is 0 Å². The topological polar surface area (TPSA) is 32.3 Å². The van der Waals surface area contributed by atoms with E-state index >= 15 is 0 Å². The number of carbonyl (C=O) groups excluding carboxylic acids is 1. The van der Waals surface area contributed by atoms with Gasteiger partial charge in [0.05, 0.1) is 0 Å². The number of carbonyl (C=O) groups is 1. The van der Waals surface area contributed by atoms with E-state index in [4.69, 9.17) is 0 Å². The van der Waals surface area contributed by atoms with Gasteiger partial charge in [0, 0.05) is 31.1 Å². The lowest BCUT2D eigenvalue weighted by Crippen LogP contribution is -2.63. The molecular weight excluding hydrogens is 164 g/mol. The van der Waals surface area contributed by atoms with Crippen LogP contribution in [0.4, 0.5) is 0 Å². The molecule has 2 atom stereocenters. The highest BCUT2D eigenvalue weighted by Gasteiger charge is 2.36. The molecule has 0 aliphatic carbocycles. The van der Waals surface area contributed by atoms with Crippen molar-refractivity contribution in [2.24, 2.45) is 5.92 Å². The van der Waals surface area contributed by atoms with Gasteiger partial charge in [-0.25, -0.2) is 0 Å². The van der Waals surface area contributed by atoms with E-state index in [1.54, 1.807) is 0 Å². The number of hydrogen-bond acceptors (Lipinski definition) is 2. The zero-order valence-corrected chi connectivity index (χ0v) is 8.42. The van der Waals surface area contributed by atoms with E-state index in [-0.39, 0.29) is 5.92 Å². The summed E-state index contributed by atoms with van der Waals surface area (Å²) in [6, 6.07) is 1.03. The first-order valence-electron chi connectivity index (χ1n) is 5.22. The Kier molecular flexibility index (Phi) is 2.28. The summed E-state index contributed by atoms with van der Waals surface area (Å²) in [5.74, 6) is 0.482. The number of piperazine rings is 1. The Hall–Kier alpha value is -0.570. The summed E-state index contributed by atoms with van der Waals surface area (Å²) in [6.07, 6.45) is 2.43. The highest BCUT2D eigenvalue weighted by Crippen LogP contribution is 2.23. The quantitative estimate of drug-likeness (QED) is 0.644. The van der Waals surface area contributed by atoms with Gasteiger partial charge in [-0.3, -0.25) is 4.79 Å². The molecule has 0 radical (unpaired) electrons. The van der Waals surface area contributed by atoms with E-state index in [0.29, 0.717) is 18.0 Å². The van der Waals surface area contributed by atoms with Gasteiger partial charge in [0.15, 0.2) is 0 Å². The van der Waals surface area contributed by atoms with E-state index in [9.17, 15) is 4.79 Å². The zero-order valence-electron chi connectivity index (χ0n) is 8.42. The molecule has 0 aromatic heterocycles. The van der Waals surface area contributed by atoms with Crippen molar-refractivity contribution in [3.63, 3.8) is 0 Å². The molecule has 0 aromatic rings. The summed E-state index contributed by atoms with van der Waals surface area (Å²) >= 11 is 0. The van der Waals surface area contributed by atoms with Gasteiger partial charge in [-0.2, -0.15) is 0 Å². The van der Waals surface area contributed by atoms with Crippen LogP contribution >= 0.6 is 0 Å². The van der Waals surface area contributed by atoms with Gasteiger partial charge in [-0.1, -0.05) is 13.8 Å². The van der Waals surface area contributed by atoms with Gasteiger partial charge < -0.3 is 10.2 Å². The van der Waals surface area contributed by atoms with Crippen molar-refractivity contribution < 1.29 is 4.79 Å². The molecule has 3 nitrogen and oxygen atoms in total. The summed E-state index contributed by atoms with van der Waals surface area (Å²) in [6.45, 7) is 5.90. The number of nitrogens with zero attached hydrogens (tertiary/aromatic N) is 1. The van der Waals surface area contributed by atoms with Crippen molar-refractivity contribution in [3.8, 4) is 0 Å². The lowest BCUT2D eigenvalue weighted by atomic mass is 9.92. The molecule has 2 bridgehead atoms. The van der Waals surface area contributed by atoms with Crippen LogP contribution in [-0.2, 0) is 4.79 Å². The largest absolute Gasteiger partial charge is 0.337 e. The summed E-state index contributed by atoms with van der Waals surface area (Å²) < 4.78 is 0. The van der Waals surface area contributed by atoms with E-state index in [2.05, 4.69) is 10.2 Å². The van der Waals surface area contributed by atoms with Crippen LogP contribution < -0.4 is 5.32 Å². The fourth-order valence-corrected chi connectivity index (χ4v) is 2.31. The Balaban J connectivity index is 2.04. The first-order chi connectivity index (χ1) is 6.18. The van der Waals surface area contributed by atoms with Gasteiger partial charge in [-0.15, -0.1) is 0 Å². The Bertz CT molecular complexity index is 207. The molecule has 3 rings (SSSR count). The number of nitrogens with one attached hydrogen (secondary N) is 1. The lowest BCUT2D eigenvalue weighted by Gasteiger charge is -2.46. The summed E-state index contributed by atoms with van der Waals surface area (Å²) in [5, 5.41) is 3.45. The fraction of sp³-hybridized carbons (Fsp3) is 0.900. The molecule has 3 heteroatoms. The zero-order chi connectivity index (χ0) is 9.42. The van der Waals surface area contributed by atoms with Crippen LogP contribution in [0.2, 0.25) is 0 Å². The molecule has 1 amide bonds. The number of piperidine rings is 2. The van der Waals surface area contributed by atoms with Crippen molar-refractivity contribution >= 4 is 5.91 Å². The van der Waals surface area contributed by atoms with Crippen LogP contribution in [0.1, 0.15) is 26.7 Å². The first kappa shape index (κ1) is 9.00. The summed E-state index contributed by atoms with van der Waals surface area (Å²) in [4.78, 5) is 13.9. The van der Waals surface area contributed by atoms with Crippen LogP contribution in [0.25, 0.3) is 0 Å². The van der Waals surface area contributed by atoms with Crippen LogP contribution in [-0.4, -0.2) is 36.0 Å². The Morgan fingerprint density at radius 1 is 1.46 bits per heavy atom. The van der Waals surface area contributed by atoms with E-state index in [0.717, 1.165) is 13.1 Å². The predicted octanol–water partition coefficient (Wildman–Crippen LogP) is 0.605. The molecule has 0 unspecified atom stereocenters. The van der Waals surface area contributed by atoms with Crippen LogP contribution in [0.5, 0.6) is 0 Å². The van der Waals surface area contributed by atoms with Gasteiger partial charge in [-0.05, 0) is 12.8 Å². The maximum Gasteiger partial charge on any atom is 0.225 e. The maximum atomic E-state index is 11.8. The van der Waals surface area contributed by atoms with Crippen molar-refractivity contribution in [2.75, 3.05) is 13.1 Å². The smallest absolute Gasteiger partial charge is 0.225 e. The van der Waals surface area contributed by atoms with Crippen molar-refractivity contribution in [1.29, 1.82) is 0 Å². The second-order valence-corrected chi connectivity index (χ2v) is 4.48. The Labute approximate surface area is 79.5 Å². The van der Waals surface area contributed by atoms with Crippen LogP contribution in [0.15, 0.2) is 0 Å². The third kappa shape index (κ3) is 1.57. The molecule has 74 valence electrons. The SMILES string of the molecule is CC(C)C(=O)N1C[C@H]2CC[C@@H]1CN2. The minimum atomic E-state index is 0.152. The van der Waals surface area contributed by atoms with E-state index in [1.165, 1.54) is 12.8 Å². The molecule has 3 fully saturated rings. The first-order valence-corrected chi connectivity index (χ1v) is 5.22. The monoisotopic (exact) mass is 182 g/mol. The standard InChI is InChI=1S/C10H18N2O/c1-7(2)10(13)12-6-8-3-4-9(12)5-11-8/h7-9,11H,3-6H2,1-2H3/t8-,9-/m1/s1. The third-order valence-electron chi connectivity index (χ3n) is 3.13. The molecule has 1 N–H and O–H groups in total.